The molecule has 4 nitrogen and oxygen atoms in total. The highest BCUT2D eigenvalue weighted by Crippen LogP contribution is 2.14. The quantitative estimate of drug-likeness (QED) is 0.640. The van der Waals surface area contributed by atoms with Crippen molar-refractivity contribution in [2.45, 2.75) is 51.6 Å². The third-order valence-corrected chi connectivity index (χ3v) is 3.26. The van der Waals surface area contributed by atoms with Crippen molar-refractivity contribution in [1.82, 2.24) is 5.32 Å². The first kappa shape index (κ1) is 14.5. The maximum atomic E-state index is 10.9. The fourth-order valence-electron chi connectivity index (χ4n) is 2.17. The lowest BCUT2D eigenvalue weighted by Gasteiger charge is -2.27. The molecule has 1 heterocycles. The zero-order valence-electron chi connectivity index (χ0n) is 10.8. The summed E-state index contributed by atoms with van der Waals surface area (Å²) in [7, 11) is 0. The highest BCUT2D eigenvalue weighted by Gasteiger charge is 2.26. The van der Waals surface area contributed by atoms with Gasteiger partial charge in [-0.15, -0.1) is 0 Å². The summed E-state index contributed by atoms with van der Waals surface area (Å²) in [5.41, 5.74) is 0. The van der Waals surface area contributed by atoms with Crippen LogP contribution in [-0.2, 0) is 9.53 Å². The predicted octanol–water partition coefficient (Wildman–Crippen LogP) is 2.04. The van der Waals surface area contributed by atoms with Crippen molar-refractivity contribution in [3.05, 3.63) is 0 Å². The minimum absolute atomic E-state index is 0.0797. The van der Waals surface area contributed by atoms with Crippen LogP contribution in [0.4, 0.5) is 0 Å². The summed E-state index contributed by atoms with van der Waals surface area (Å²) in [6.07, 6.45) is 6.87. The first-order valence-electron chi connectivity index (χ1n) is 6.79. The molecule has 2 unspecified atom stereocenters. The Kier molecular flexibility index (Phi) is 7.21. The summed E-state index contributed by atoms with van der Waals surface area (Å²) in [5, 5.41) is 12.1. The monoisotopic (exact) mass is 243 g/mol. The standard InChI is InChI=1S/C13H25NO3/c1-2-3-4-5-6-7-17-12-8-11(13(15)16)9-14-10-12/h11-12,14H,2-10H2,1H3,(H,15,16). The van der Waals surface area contributed by atoms with E-state index in [0.29, 0.717) is 13.0 Å². The van der Waals surface area contributed by atoms with Crippen LogP contribution in [0.2, 0.25) is 0 Å². The van der Waals surface area contributed by atoms with E-state index < -0.39 is 5.97 Å². The van der Waals surface area contributed by atoms with E-state index in [1.54, 1.807) is 0 Å². The smallest absolute Gasteiger partial charge is 0.307 e. The SMILES string of the molecule is CCCCCCCOC1CNCC(C(=O)O)C1. The van der Waals surface area contributed by atoms with Crippen LogP contribution < -0.4 is 5.32 Å². The molecular formula is C13H25NO3. The van der Waals surface area contributed by atoms with Crippen LogP contribution in [0.5, 0.6) is 0 Å². The molecule has 0 aromatic carbocycles. The normalized spacial score (nSPS) is 24.8. The molecule has 1 saturated heterocycles. The van der Waals surface area contributed by atoms with Crippen molar-refractivity contribution >= 4 is 5.97 Å². The molecule has 0 bridgehead atoms. The van der Waals surface area contributed by atoms with Gasteiger partial charge in [-0.3, -0.25) is 4.79 Å². The number of carboxylic acids is 1. The van der Waals surface area contributed by atoms with Crippen LogP contribution in [0, 0.1) is 5.92 Å². The number of hydrogen-bond acceptors (Lipinski definition) is 3. The zero-order chi connectivity index (χ0) is 12.5. The van der Waals surface area contributed by atoms with Crippen molar-refractivity contribution in [3.8, 4) is 0 Å². The highest BCUT2D eigenvalue weighted by atomic mass is 16.5. The van der Waals surface area contributed by atoms with Crippen LogP contribution in [0.25, 0.3) is 0 Å². The number of piperidine rings is 1. The molecule has 1 rings (SSSR count). The first-order valence-corrected chi connectivity index (χ1v) is 6.79. The van der Waals surface area contributed by atoms with Gasteiger partial charge in [0.05, 0.1) is 12.0 Å². The molecule has 17 heavy (non-hydrogen) atoms. The lowest BCUT2D eigenvalue weighted by Crippen LogP contribution is -2.43. The molecule has 2 N–H and O–H groups in total. The van der Waals surface area contributed by atoms with E-state index >= 15 is 0 Å². The molecule has 0 spiro atoms. The average Bonchev–Trinajstić information content (AvgIpc) is 2.34. The molecule has 100 valence electrons. The topological polar surface area (TPSA) is 58.6 Å². The van der Waals surface area contributed by atoms with Gasteiger partial charge in [0.25, 0.3) is 0 Å². The third kappa shape index (κ3) is 6.03. The lowest BCUT2D eigenvalue weighted by molar-refractivity contribution is -0.144. The van der Waals surface area contributed by atoms with E-state index in [9.17, 15) is 4.79 Å². The van der Waals surface area contributed by atoms with Crippen molar-refractivity contribution in [1.29, 1.82) is 0 Å². The molecular weight excluding hydrogens is 218 g/mol. The molecule has 1 aliphatic rings. The van der Waals surface area contributed by atoms with E-state index in [0.717, 1.165) is 19.6 Å². The summed E-state index contributed by atoms with van der Waals surface area (Å²) < 4.78 is 5.72. The van der Waals surface area contributed by atoms with E-state index in [4.69, 9.17) is 9.84 Å². The molecule has 2 atom stereocenters. The maximum Gasteiger partial charge on any atom is 0.307 e. The van der Waals surface area contributed by atoms with E-state index in [-0.39, 0.29) is 12.0 Å². The second kappa shape index (κ2) is 8.48. The summed E-state index contributed by atoms with van der Waals surface area (Å²) >= 11 is 0. The van der Waals surface area contributed by atoms with Gasteiger partial charge < -0.3 is 15.2 Å². The minimum Gasteiger partial charge on any atom is -0.481 e. The fraction of sp³-hybridized carbons (Fsp3) is 0.923. The third-order valence-electron chi connectivity index (χ3n) is 3.26. The van der Waals surface area contributed by atoms with Gasteiger partial charge in [0.15, 0.2) is 0 Å². The molecule has 0 aromatic heterocycles. The van der Waals surface area contributed by atoms with Gasteiger partial charge in [-0.25, -0.2) is 0 Å². The largest absolute Gasteiger partial charge is 0.481 e. The summed E-state index contributed by atoms with van der Waals surface area (Å²) in [6, 6.07) is 0. The second-order valence-corrected chi connectivity index (χ2v) is 4.84. The van der Waals surface area contributed by atoms with Gasteiger partial charge >= 0.3 is 5.97 Å². The van der Waals surface area contributed by atoms with Gasteiger partial charge in [0, 0.05) is 19.7 Å². The zero-order valence-corrected chi connectivity index (χ0v) is 10.8. The molecule has 0 radical (unpaired) electrons. The van der Waals surface area contributed by atoms with Crippen molar-refractivity contribution in [2.24, 2.45) is 5.92 Å². The van der Waals surface area contributed by atoms with Gasteiger partial charge in [-0.05, 0) is 12.8 Å². The number of carbonyl (C=O) groups is 1. The minimum atomic E-state index is -0.714. The van der Waals surface area contributed by atoms with Crippen molar-refractivity contribution < 1.29 is 14.6 Å². The van der Waals surface area contributed by atoms with Crippen LogP contribution >= 0.6 is 0 Å². The Morgan fingerprint density at radius 1 is 1.29 bits per heavy atom. The number of carboxylic acid groups (broad SMARTS) is 1. The second-order valence-electron chi connectivity index (χ2n) is 4.84. The molecule has 0 aromatic rings. The molecule has 1 aliphatic heterocycles. The number of nitrogens with one attached hydrogen (secondary N) is 1. The maximum absolute atomic E-state index is 10.9. The van der Waals surface area contributed by atoms with E-state index in [1.807, 2.05) is 0 Å². The van der Waals surface area contributed by atoms with Crippen molar-refractivity contribution in [3.63, 3.8) is 0 Å². The Morgan fingerprint density at radius 3 is 2.76 bits per heavy atom. The Bertz CT molecular complexity index is 221. The van der Waals surface area contributed by atoms with Crippen molar-refractivity contribution in [2.75, 3.05) is 19.7 Å². The lowest BCUT2D eigenvalue weighted by atomic mass is 9.98. The Hall–Kier alpha value is -0.610. The predicted molar refractivity (Wildman–Crippen MR) is 67.1 cm³/mol. The Balaban J connectivity index is 2.04. The average molecular weight is 243 g/mol. The number of unbranched alkanes of at least 4 members (excludes halogenated alkanes) is 4. The van der Waals surface area contributed by atoms with Crippen LogP contribution in [0.3, 0.4) is 0 Å². The van der Waals surface area contributed by atoms with Crippen LogP contribution in [0.15, 0.2) is 0 Å². The molecule has 1 fully saturated rings. The summed E-state index contributed by atoms with van der Waals surface area (Å²) in [4.78, 5) is 10.9. The molecule has 4 heteroatoms. The Labute approximate surface area is 104 Å². The van der Waals surface area contributed by atoms with E-state index in [1.165, 1.54) is 25.7 Å². The van der Waals surface area contributed by atoms with E-state index in [2.05, 4.69) is 12.2 Å². The molecule has 0 aliphatic carbocycles. The van der Waals surface area contributed by atoms with Gasteiger partial charge in [0.1, 0.15) is 0 Å². The number of rotatable bonds is 8. The fourth-order valence-corrected chi connectivity index (χ4v) is 2.17. The highest BCUT2D eigenvalue weighted by molar-refractivity contribution is 5.70. The Morgan fingerprint density at radius 2 is 2.06 bits per heavy atom. The summed E-state index contributed by atoms with van der Waals surface area (Å²) in [5.74, 6) is -0.998. The van der Waals surface area contributed by atoms with Gasteiger partial charge in [-0.2, -0.15) is 0 Å². The number of hydrogen-bond donors (Lipinski definition) is 2. The summed E-state index contributed by atoms with van der Waals surface area (Å²) in [6.45, 7) is 4.34. The van der Waals surface area contributed by atoms with Gasteiger partial charge in [-0.1, -0.05) is 32.6 Å². The molecule has 0 amide bonds. The number of aliphatic carboxylic acids is 1. The van der Waals surface area contributed by atoms with Gasteiger partial charge in [0.2, 0.25) is 0 Å². The first-order chi connectivity index (χ1) is 8.24. The van der Waals surface area contributed by atoms with Crippen LogP contribution in [0.1, 0.15) is 45.4 Å². The number of ether oxygens (including phenoxy) is 1. The molecule has 0 saturated carbocycles. The van der Waals surface area contributed by atoms with Crippen LogP contribution in [-0.4, -0.2) is 36.9 Å².